The smallest absolute Gasteiger partial charge is 0.278 e. The number of rotatable bonds is 7. The van der Waals surface area contributed by atoms with Crippen LogP contribution in [0.25, 0.3) is 5.57 Å². The maximum Gasteiger partial charge on any atom is 0.278 e. The summed E-state index contributed by atoms with van der Waals surface area (Å²) >= 11 is 0. The fourth-order valence-electron chi connectivity index (χ4n) is 3.96. The minimum Gasteiger partial charge on any atom is -0.493 e. The van der Waals surface area contributed by atoms with Gasteiger partial charge in [0.15, 0.2) is 11.5 Å². The Morgan fingerprint density at radius 3 is 2.15 bits per heavy atom. The van der Waals surface area contributed by atoms with Crippen molar-refractivity contribution in [3.63, 3.8) is 0 Å². The van der Waals surface area contributed by atoms with Gasteiger partial charge in [0.2, 0.25) is 0 Å². The van der Waals surface area contributed by atoms with Crippen LogP contribution in [0.1, 0.15) is 22.3 Å². The quantitative estimate of drug-likeness (QED) is 0.554. The summed E-state index contributed by atoms with van der Waals surface area (Å²) in [6.45, 7) is 4.12. The molecule has 4 rings (SSSR count). The van der Waals surface area contributed by atoms with Crippen LogP contribution in [0.5, 0.6) is 11.5 Å². The van der Waals surface area contributed by atoms with Gasteiger partial charge in [-0.1, -0.05) is 12.1 Å². The number of nitrogens with one attached hydrogen (secondary N) is 1. The van der Waals surface area contributed by atoms with Crippen LogP contribution in [0.4, 0.5) is 5.69 Å². The molecule has 2 amide bonds. The molecule has 0 bridgehead atoms. The lowest BCUT2D eigenvalue weighted by Crippen LogP contribution is -2.32. The van der Waals surface area contributed by atoms with Crippen LogP contribution in [-0.2, 0) is 16.1 Å². The molecule has 0 atom stereocenters. The molecule has 1 aromatic heterocycles. The molecule has 0 saturated heterocycles. The largest absolute Gasteiger partial charge is 0.493 e. The standard InChI is InChI=1S/C26H25N3O4/c1-16-11-17(2)13-20(12-16)28-24-23(19-5-6-21(32-3)22(14-19)33-4)25(30)29(26(24)31)15-18-7-9-27-10-8-18/h5-14,28H,15H2,1-4H3. The van der Waals surface area contributed by atoms with E-state index in [1.807, 2.05) is 32.0 Å². The molecule has 7 nitrogen and oxygen atoms in total. The number of carbonyl (C=O) groups is 2. The fourth-order valence-corrected chi connectivity index (χ4v) is 3.96. The van der Waals surface area contributed by atoms with E-state index in [9.17, 15) is 9.59 Å². The van der Waals surface area contributed by atoms with Gasteiger partial charge in [0, 0.05) is 18.1 Å². The number of imide groups is 1. The summed E-state index contributed by atoms with van der Waals surface area (Å²) in [7, 11) is 3.08. The van der Waals surface area contributed by atoms with Gasteiger partial charge in [-0.2, -0.15) is 0 Å². The van der Waals surface area contributed by atoms with Crippen molar-refractivity contribution >= 4 is 23.1 Å². The van der Waals surface area contributed by atoms with E-state index in [0.29, 0.717) is 17.1 Å². The average molecular weight is 444 g/mol. The van der Waals surface area contributed by atoms with Crippen LogP contribution in [0.2, 0.25) is 0 Å². The van der Waals surface area contributed by atoms with Gasteiger partial charge in [0.25, 0.3) is 11.8 Å². The van der Waals surface area contributed by atoms with Gasteiger partial charge in [-0.05, 0) is 72.5 Å². The second-order valence-corrected chi connectivity index (χ2v) is 7.87. The molecule has 2 aromatic carbocycles. The zero-order chi connectivity index (χ0) is 23.5. The minimum absolute atomic E-state index is 0.148. The number of aryl methyl sites for hydroxylation is 2. The van der Waals surface area contributed by atoms with Gasteiger partial charge in [0.1, 0.15) is 5.70 Å². The van der Waals surface area contributed by atoms with E-state index < -0.39 is 0 Å². The van der Waals surface area contributed by atoms with Gasteiger partial charge < -0.3 is 14.8 Å². The highest BCUT2D eigenvalue weighted by molar-refractivity contribution is 6.36. The summed E-state index contributed by atoms with van der Waals surface area (Å²) in [4.78, 5) is 32.2. The van der Waals surface area contributed by atoms with E-state index in [1.165, 1.54) is 12.0 Å². The third kappa shape index (κ3) is 4.43. The molecule has 1 aliphatic rings. The first kappa shape index (κ1) is 22.1. The van der Waals surface area contributed by atoms with E-state index in [-0.39, 0.29) is 29.6 Å². The first-order valence-electron chi connectivity index (χ1n) is 10.5. The number of pyridine rings is 1. The van der Waals surface area contributed by atoms with Gasteiger partial charge >= 0.3 is 0 Å². The summed E-state index contributed by atoms with van der Waals surface area (Å²) in [5.74, 6) is 0.244. The molecule has 7 heteroatoms. The van der Waals surface area contributed by atoms with Crippen LogP contribution in [-0.4, -0.2) is 35.9 Å². The lowest BCUT2D eigenvalue weighted by Gasteiger charge is -2.15. The monoisotopic (exact) mass is 443 g/mol. The number of anilines is 1. The Hall–Kier alpha value is -4.13. The van der Waals surface area contributed by atoms with Gasteiger partial charge in [-0.3, -0.25) is 19.5 Å². The van der Waals surface area contributed by atoms with E-state index in [2.05, 4.69) is 10.3 Å². The highest BCUT2D eigenvalue weighted by atomic mass is 16.5. The Bertz CT molecular complexity index is 1230. The fraction of sp³-hybridized carbons (Fsp3) is 0.192. The minimum atomic E-state index is -0.388. The third-order valence-corrected chi connectivity index (χ3v) is 5.42. The van der Waals surface area contributed by atoms with Gasteiger partial charge in [-0.25, -0.2) is 0 Å². The number of benzene rings is 2. The SMILES string of the molecule is COc1ccc(C2=C(Nc3cc(C)cc(C)c3)C(=O)N(Cc3ccncc3)C2=O)cc1OC. The maximum atomic E-state index is 13.5. The number of nitrogens with zero attached hydrogens (tertiary/aromatic N) is 2. The molecule has 0 spiro atoms. The molecule has 0 radical (unpaired) electrons. The van der Waals surface area contributed by atoms with Crippen molar-refractivity contribution in [3.05, 3.63) is 88.9 Å². The van der Waals surface area contributed by atoms with Gasteiger partial charge in [0.05, 0.1) is 26.3 Å². The Kier molecular flexibility index (Phi) is 6.13. The maximum absolute atomic E-state index is 13.5. The van der Waals surface area contributed by atoms with Crippen molar-refractivity contribution in [2.75, 3.05) is 19.5 Å². The lowest BCUT2D eigenvalue weighted by molar-refractivity contribution is -0.137. The summed E-state index contributed by atoms with van der Waals surface area (Å²) in [5.41, 5.74) is 4.74. The number of methoxy groups -OCH3 is 2. The number of carbonyl (C=O) groups excluding carboxylic acids is 2. The Labute approximate surface area is 192 Å². The first-order chi connectivity index (χ1) is 15.9. The molecule has 1 aliphatic heterocycles. The third-order valence-electron chi connectivity index (χ3n) is 5.42. The van der Waals surface area contributed by atoms with Gasteiger partial charge in [-0.15, -0.1) is 0 Å². The summed E-state index contributed by atoms with van der Waals surface area (Å²) < 4.78 is 10.7. The normalized spacial score (nSPS) is 13.5. The predicted octanol–water partition coefficient (Wildman–Crippen LogP) is 4.11. The zero-order valence-electron chi connectivity index (χ0n) is 19.0. The average Bonchev–Trinajstić information content (AvgIpc) is 3.02. The molecule has 0 aliphatic carbocycles. The summed E-state index contributed by atoms with van der Waals surface area (Å²) in [6.07, 6.45) is 3.27. The van der Waals surface area contributed by atoms with Crippen molar-refractivity contribution in [1.29, 1.82) is 0 Å². The number of ether oxygens (including phenoxy) is 2. The van der Waals surface area contributed by atoms with Crippen LogP contribution < -0.4 is 14.8 Å². The molecule has 0 fully saturated rings. The van der Waals surface area contributed by atoms with E-state index in [1.54, 1.807) is 49.8 Å². The number of amides is 2. The number of aromatic nitrogens is 1. The topological polar surface area (TPSA) is 80.8 Å². The van der Waals surface area contributed by atoms with Crippen molar-refractivity contribution in [1.82, 2.24) is 9.88 Å². The first-order valence-corrected chi connectivity index (χ1v) is 10.5. The summed E-state index contributed by atoms with van der Waals surface area (Å²) in [5, 5.41) is 3.22. The highest BCUT2D eigenvalue weighted by Gasteiger charge is 2.39. The Balaban J connectivity index is 1.80. The van der Waals surface area contributed by atoms with Crippen molar-refractivity contribution in [2.24, 2.45) is 0 Å². The van der Waals surface area contributed by atoms with Crippen LogP contribution in [0.3, 0.4) is 0 Å². The second kappa shape index (κ2) is 9.16. The molecule has 1 N–H and O–H groups in total. The molecule has 0 saturated carbocycles. The highest BCUT2D eigenvalue weighted by Crippen LogP contribution is 2.36. The molecule has 3 aromatic rings. The second-order valence-electron chi connectivity index (χ2n) is 7.87. The Morgan fingerprint density at radius 2 is 1.52 bits per heavy atom. The van der Waals surface area contributed by atoms with Crippen molar-refractivity contribution in [3.8, 4) is 11.5 Å². The number of hydrogen-bond donors (Lipinski definition) is 1. The predicted molar refractivity (Wildman–Crippen MR) is 126 cm³/mol. The van der Waals surface area contributed by atoms with E-state index >= 15 is 0 Å². The molecular formula is C26H25N3O4. The molecule has 33 heavy (non-hydrogen) atoms. The molecular weight excluding hydrogens is 418 g/mol. The van der Waals surface area contributed by atoms with Crippen LogP contribution in [0.15, 0.2) is 66.6 Å². The Morgan fingerprint density at radius 1 is 0.848 bits per heavy atom. The van der Waals surface area contributed by atoms with E-state index in [4.69, 9.17) is 9.47 Å². The van der Waals surface area contributed by atoms with Crippen LogP contribution in [0, 0.1) is 13.8 Å². The van der Waals surface area contributed by atoms with Crippen LogP contribution >= 0.6 is 0 Å². The lowest BCUT2D eigenvalue weighted by atomic mass is 10.0. The summed E-state index contributed by atoms with van der Waals surface area (Å²) in [6, 6.07) is 14.7. The van der Waals surface area contributed by atoms with Crippen molar-refractivity contribution < 1.29 is 19.1 Å². The number of hydrogen-bond acceptors (Lipinski definition) is 6. The molecule has 0 unspecified atom stereocenters. The molecule has 2 heterocycles. The zero-order valence-corrected chi connectivity index (χ0v) is 19.0. The van der Waals surface area contributed by atoms with E-state index in [0.717, 1.165) is 22.4 Å². The van der Waals surface area contributed by atoms with Crippen molar-refractivity contribution in [2.45, 2.75) is 20.4 Å². The molecule has 168 valence electrons.